The molecule has 4 nitrogen and oxygen atoms in total. The number of aryl methyl sites for hydroxylation is 1. The van der Waals surface area contributed by atoms with Crippen LogP contribution in [0.1, 0.15) is 12.6 Å². The van der Waals surface area contributed by atoms with Gasteiger partial charge in [0.15, 0.2) is 0 Å². The van der Waals surface area contributed by atoms with E-state index >= 15 is 0 Å². The lowest BCUT2D eigenvalue weighted by atomic mass is 10.1. The molecule has 0 radical (unpaired) electrons. The molecule has 1 aromatic heterocycles. The van der Waals surface area contributed by atoms with Crippen LogP contribution >= 0.6 is 0 Å². The van der Waals surface area contributed by atoms with E-state index in [0.29, 0.717) is 13.2 Å². The van der Waals surface area contributed by atoms with Crippen molar-refractivity contribution in [1.29, 1.82) is 0 Å². The highest BCUT2D eigenvalue weighted by Gasteiger charge is 2.05. The van der Waals surface area contributed by atoms with Crippen molar-refractivity contribution < 1.29 is 9.84 Å². The number of ether oxygens (including phenoxy) is 1. The van der Waals surface area contributed by atoms with E-state index in [9.17, 15) is 0 Å². The second-order valence-electron chi connectivity index (χ2n) is 4.07. The summed E-state index contributed by atoms with van der Waals surface area (Å²) in [5.41, 5.74) is 2.86. The molecule has 0 spiro atoms. The third kappa shape index (κ3) is 2.71. The monoisotopic (exact) mass is 246 g/mol. The van der Waals surface area contributed by atoms with E-state index in [-0.39, 0.29) is 6.61 Å². The van der Waals surface area contributed by atoms with Crippen LogP contribution in [0.3, 0.4) is 0 Å². The molecule has 96 valence electrons. The number of hydrogen-bond donors (Lipinski definition) is 2. The highest BCUT2D eigenvalue weighted by Crippen LogP contribution is 2.27. The maximum Gasteiger partial charge on any atom is 0.120 e. The van der Waals surface area contributed by atoms with E-state index in [1.807, 2.05) is 38.1 Å². The molecular formula is C14H18N2O2. The zero-order chi connectivity index (χ0) is 13.0. The molecule has 0 amide bonds. The summed E-state index contributed by atoms with van der Waals surface area (Å²) in [7, 11) is 0. The summed E-state index contributed by atoms with van der Waals surface area (Å²) in [6.07, 6.45) is 0. The molecule has 0 aliphatic carbocycles. The smallest absolute Gasteiger partial charge is 0.120 e. The van der Waals surface area contributed by atoms with E-state index < -0.39 is 0 Å². The number of fused-ring (bicyclic) bond motifs is 1. The van der Waals surface area contributed by atoms with E-state index in [1.165, 1.54) is 0 Å². The minimum absolute atomic E-state index is 0.105. The fourth-order valence-corrected chi connectivity index (χ4v) is 1.93. The molecule has 2 rings (SSSR count). The molecule has 0 atom stereocenters. The number of nitrogens with zero attached hydrogens (tertiary/aromatic N) is 1. The van der Waals surface area contributed by atoms with Crippen molar-refractivity contribution in [2.45, 2.75) is 13.8 Å². The van der Waals surface area contributed by atoms with Crippen molar-refractivity contribution in [3.63, 3.8) is 0 Å². The first-order valence-electron chi connectivity index (χ1n) is 6.13. The number of rotatable bonds is 5. The molecule has 0 unspecified atom stereocenters. The summed E-state index contributed by atoms with van der Waals surface area (Å²) in [4.78, 5) is 4.49. The van der Waals surface area contributed by atoms with E-state index in [2.05, 4.69) is 10.3 Å². The van der Waals surface area contributed by atoms with Gasteiger partial charge in [0, 0.05) is 23.3 Å². The van der Waals surface area contributed by atoms with Gasteiger partial charge >= 0.3 is 0 Å². The molecule has 0 aliphatic rings. The summed E-state index contributed by atoms with van der Waals surface area (Å²) < 4.78 is 5.50. The van der Waals surface area contributed by atoms with E-state index in [1.54, 1.807) is 0 Å². The summed E-state index contributed by atoms with van der Waals surface area (Å²) in [6, 6.07) is 7.84. The number of aliphatic hydroxyl groups excluding tert-OH is 1. The number of benzene rings is 1. The fourth-order valence-electron chi connectivity index (χ4n) is 1.93. The second kappa shape index (κ2) is 5.69. The van der Waals surface area contributed by atoms with Gasteiger partial charge < -0.3 is 15.2 Å². The molecule has 0 bridgehead atoms. The van der Waals surface area contributed by atoms with Gasteiger partial charge in [-0.15, -0.1) is 0 Å². The summed E-state index contributed by atoms with van der Waals surface area (Å²) in [6.45, 7) is 5.19. The predicted molar refractivity (Wildman–Crippen MR) is 73.2 cm³/mol. The molecule has 0 saturated carbocycles. The number of anilines is 1. The number of aliphatic hydroxyl groups is 1. The van der Waals surface area contributed by atoms with Crippen molar-refractivity contribution in [2.24, 2.45) is 0 Å². The Morgan fingerprint density at radius 2 is 2.17 bits per heavy atom. The van der Waals surface area contributed by atoms with Gasteiger partial charge in [-0.05, 0) is 38.1 Å². The quantitative estimate of drug-likeness (QED) is 0.850. The molecular weight excluding hydrogens is 228 g/mol. The molecule has 1 heterocycles. The lowest BCUT2D eigenvalue weighted by molar-refractivity contribution is 0.311. The van der Waals surface area contributed by atoms with Crippen molar-refractivity contribution in [1.82, 2.24) is 4.98 Å². The Morgan fingerprint density at radius 1 is 1.33 bits per heavy atom. The average molecular weight is 246 g/mol. The first-order chi connectivity index (χ1) is 8.74. The highest BCUT2D eigenvalue weighted by molar-refractivity contribution is 5.92. The standard InChI is InChI=1S/C14H18N2O2/c1-3-18-11-4-5-13-12(9-11)14(15-6-7-17)8-10(2)16-13/h4-5,8-9,17H,3,6-7H2,1-2H3,(H,15,16). The lowest BCUT2D eigenvalue weighted by Crippen LogP contribution is -2.06. The van der Waals surface area contributed by atoms with Gasteiger partial charge in [-0.1, -0.05) is 0 Å². The van der Waals surface area contributed by atoms with Gasteiger partial charge in [-0.3, -0.25) is 4.98 Å². The van der Waals surface area contributed by atoms with Crippen LogP contribution in [-0.4, -0.2) is 29.8 Å². The Labute approximate surface area is 107 Å². The Kier molecular flexibility index (Phi) is 3.99. The van der Waals surface area contributed by atoms with Gasteiger partial charge in [-0.2, -0.15) is 0 Å². The van der Waals surface area contributed by atoms with E-state index in [0.717, 1.165) is 28.0 Å². The molecule has 4 heteroatoms. The Morgan fingerprint density at radius 3 is 2.89 bits per heavy atom. The van der Waals surface area contributed by atoms with Gasteiger partial charge in [-0.25, -0.2) is 0 Å². The third-order valence-electron chi connectivity index (χ3n) is 2.65. The number of hydrogen-bond acceptors (Lipinski definition) is 4. The fraction of sp³-hybridized carbons (Fsp3) is 0.357. The maximum absolute atomic E-state index is 8.90. The van der Waals surface area contributed by atoms with E-state index in [4.69, 9.17) is 9.84 Å². The molecule has 2 N–H and O–H groups in total. The molecule has 0 fully saturated rings. The normalized spacial score (nSPS) is 10.6. The van der Waals surface area contributed by atoms with Crippen molar-refractivity contribution >= 4 is 16.6 Å². The highest BCUT2D eigenvalue weighted by atomic mass is 16.5. The molecule has 0 aliphatic heterocycles. The molecule has 0 saturated heterocycles. The van der Waals surface area contributed by atoms with Crippen LogP contribution in [0.15, 0.2) is 24.3 Å². The topological polar surface area (TPSA) is 54.4 Å². The van der Waals surface area contributed by atoms with Crippen LogP contribution in [0.25, 0.3) is 10.9 Å². The van der Waals surface area contributed by atoms with Gasteiger partial charge in [0.1, 0.15) is 5.75 Å². The van der Waals surface area contributed by atoms with Crippen LogP contribution in [0.4, 0.5) is 5.69 Å². The zero-order valence-corrected chi connectivity index (χ0v) is 10.7. The Hall–Kier alpha value is -1.81. The molecule has 2 aromatic rings. The van der Waals surface area contributed by atoms with Crippen molar-refractivity contribution in [3.05, 3.63) is 30.0 Å². The average Bonchev–Trinajstić information content (AvgIpc) is 2.36. The van der Waals surface area contributed by atoms with Crippen LogP contribution in [0.2, 0.25) is 0 Å². The Bertz CT molecular complexity index is 541. The van der Waals surface area contributed by atoms with Crippen LogP contribution in [0, 0.1) is 6.92 Å². The Balaban J connectivity index is 2.47. The zero-order valence-electron chi connectivity index (χ0n) is 10.7. The summed E-state index contributed by atoms with van der Waals surface area (Å²) >= 11 is 0. The van der Waals surface area contributed by atoms with Gasteiger partial charge in [0.05, 0.1) is 18.7 Å². The molecule has 1 aromatic carbocycles. The van der Waals surface area contributed by atoms with Gasteiger partial charge in [0.25, 0.3) is 0 Å². The lowest BCUT2D eigenvalue weighted by Gasteiger charge is -2.11. The summed E-state index contributed by atoms with van der Waals surface area (Å²) in [5, 5.41) is 13.1. The predicted octanol–water partition coefficient (Wildman–Crippen LogP) is 2.35. The largest absolute Gasteiger partial charge is 0.494 e. The number of aromatic nitrogens is 1. The minimum atomic E-state index is 0.105. The SMILES string of the molecule is CCOc1ccc2nc(C)cc(NCCO)c2c1. The minimum Gasteiger partial charge on any atom is -0.494 e. The van der Waals surface area contributed by atoms with Crippen molar-refractivity contribution in [3.8, 4) is 5.75 Å². The van der Waals surface area contributed by atoms with Crippen molar-refractivity contribution in [2.75, 3.05) is 25.1 Å². The van der Waals surface area contributed by atoms with Gasteiger partial charge in [0.2, 0.25) is 0 Å². The second-order valence-corrected chi connectivity index (χ2v) is 4.07. The maximum atomic E-state index is 8.90. The first kappa shape index (κ1) is 12.6. The van der Waals surface area contributed by atoms with Crippen LogP contribution < -0.4 is 10.1 Å². The molecule has 18 heavy (non-hydrogen) atoms. The number of pyridine rings is 1. The van der Waals surface area contributed by atoms with Crippen LogP contribution in [0.5, 0.6) is 5.75 Å². The summed E-state index contributed by atoms with van der Waals surface area (Å²) in [5.74, 6) is 0.836. The number of nitrogens with one attached hydrogen (secondary N) is 1. The third-order valence-corrected chi connectivity index (χ3v) is 2.65. The van der Waals surface area contributed by atoms with Crippen LogP contribution in [-0.2, 0) is 0 Å². The first-order valence-corrected chi connectivity index (χ1v) is 6.13.